The van der Waals surface area contributed by atoms with Crippen molar-refractivity contribution in [2.24, 2.45) is 0 Å². The van der Waals surface area contributed by atoms with Crippen molar-refractivity contribution in [3.05, 3.63) is 207 Å². The summed E-state index contributed by atoms with van der Waals surface area (Å²) < 4.78 is 0. The normalized spacial score (nSPS) is 12.2. The van der Waals surface area contributed by atoms with E-state index in [1.54, 1.807) is 0 Å². The number of pyridine rings is 2. The molecule has 0 N–H and O–H groups in total. The third-order valence-corrected chi connectivity index (χ3v) is 16.1. The van der Waals surface area contributed by atoms with Crippen LogP contribution in [0.1, 0.15) is 0 Å². The van der Waals surface area contributed by atoms with Crippen LogP contribution in [0.3, 0.4) is 0 Å². The van der Waals surface area contributed by atoms with Crippen LogP contribution in [-0.2, 0) is 0 Å². The number of benzene rings is 7. The minimum atomic E-state index is -0.721. The Bertz CT molecular complexity index is 3030. The van der Waals surface area contributed by atoms with Gasteiger partial charge >= 0.3 is 0 Å². The van der Waals surface area contributed by atoms with Crippen molar-refractivity contribution < 1.29 is 0 Å². The second-order valence-corrected chi connectivity index (χ2v) is 18.6. The van der Waals surface area contributed by atoms with Crippen LogP contribution in [0.15, 0.2) is 207 Å². The number of nitrogens with zero attached hydrogens (tertiary/aromatic N) is 2. The maximum Gasteiger partial charge on any atom is 0.0346 e. The molecule has 0 spiro atoms. The maximum absolute atomic E-state index is 4.35. The Hall–Kier alpha value is -6.56. The van der Waals surface area contributed by atoms with Gasteiger partial charge in [-0.1, -0.05) is 142 Å². The molecule has 4 heterocycles. The molecule has 0 radical (unpaired) electrons. The second-order valence-electron chi connectivity index (χ2n) is 14.3. The van der Waals surface area contributed by atoms with Crippen molar-refractivity contribution in [3.63, 3.8) is 0 Å². The lowest BCUT2D eigenvalue weighted by atomic mass is 9.99. The molecule has 56 heavy (non-hydrogen) atoms. The Labute approximate surface area is 327 Å². The van der Waals surface area contributed by atoms with E-state index < -0.39 is 15.1 Å². The Morgan fingerprint density at radius 2 is 0.661 bits per heavy atom. The summed E-state index contributed by atoms with van der Waals surface area (Å²) in [7, 11) is -1.44. The Balaban J connectivity index is 1.03. The predicted octanol–water partition coefficient (Wildman–Crippen LogP) is 15.7. The van der Waals surface area contributed by atoms with Gasteiger partial charge in [0.1, 0.15) is 0 Å². The second kappa shape index (κ2) is 13.6. The van der Waals surface area contributed by atoms with Crippen LogP contribution in [-0.4, -0.2) is 9.97 Å². The van der Waals surface area contributed by atoms with Crippen molar-refractivity contribution >= 4 is 57.1 Å². The summed E-state index contributed by atoms with van der Waals surface area (Å²) in [5, 5.41) is 14.0. The maximum atomic E-state index is 4.35. The standard InChI is InChI=1S/C52H34N2P2/c1-3-20-49-45(18-1)47-30-39(35-10-5-12-37(28-35)41-14-8-26-53-33-41)22-24-51(47)55(49)43-16-7-17-44(32-43)56-50-21-4-2-19-46(50)48-31-40(23-25-52(48)56)36-11-6-13-38(29-36)42-15-9-27-54-34-42/h1-34H. The molecular weight excluding hydrogens is 715 g/mol. The summed E-state index contributed by atoms with van der Waals surface area (Å²) in [5.41, 5.74) is 9.53. The van der Waals surface area contributed by atoms with Gasteiger partial charge in [0.25, 0.3) is 0 Å². The van der Waals surface area contributed by atoms with Gasteiger partial charge in [-0.3, -0.25) is 9.97 Å². The van der Waals surface area contributed by atoms with Crippen molar-refractivity contribution in [2.75, 3.05) is 0 Å². The van der Waals surface area contributed by atoms with E-state index in [2.05, 4.69) is 180 Å². The molecule has 0 saturated carbocycles. The molecule has 0 fully saturated rings. The zero-order valence-corrected chi connectivity index (χ0v) is 32.2. The highest BCUT2D eigenvalue weighted by Gasteiger charge is 2.18. The average Bonchev–Trinajstić information content (AvgIpc) is 3.79. The van der Waals surface area contributed by atoms with Crippen LogP contribution >= 0.6 is 15.1 Å². The first-order valence-electron chi connectivity index (χ1n) is 19.0. The first kappa shape index (κ1) is 32.8. The summed E-state index contributed by atoms with van der Waals surface area (Å²) in [6, 6.07) is 67.9. The molecule has 7 aromatic carbocycles. The molecule has 11 rings (SSSR count). The van der Waals surface area contributed by atoms with E-state index >= 15 is 0 Å². The zero-order valence-electron chi connectivity index (χ0n) is 30.4. The Morgan fingerprint density at radius 1 is 0.268 bits per heavy atom. The van der Waals surface area contributed by atoms with Crippen molar-refractivity contribution in [1.29, 1.82) is 0 Å². The van der Waals surface area contributed by atoms with Gasteiger partial charge in [0.05, 0.1) is 0 Å². The smallest absolute Gasteiger partial charge is 0.0346 e. The minimum absolute atomic E-state index is 0.721. The van der Waals surface area contributed by atoms with Gasteiger partial charge in [0.2, 0.25) is 0 Å². The zero-order chi connectivity index (χ0) is 37.0. The quantitative estimate of drug-likeness (QED) is 0.169. The summed E-state index contributed by atoms with van der Waals surface area (Å²) in [6.45, 7) is 0. The molecular formula is C52H34N2P2. The number of hydrogen-bond donors (Lipinski definition) is 0. The van der Waals surface area contributed by atoms with E-state index in [9.17, 15) is 0 Å². The van der Waals surface area contributed by atoms with Crippen LogP contribution in [0, 0.1) is 0 Å². The predicted molar refractivity (Wildman–Crippen MR) is 242 cm³/mol. The first-order chi connectivity index (χ1) is 27.8. The molecule has 11 aromatic rings. The Kier molecular flexibility index (Phi) is 7.99. The number of rotatable bonds is 6. The van der Waals surface area contributed by atoms with E-state index in [-0.39, 0.29) is 0 Å². The summed E-state index contributed by atoms with van der Waals surface area (Å²) in [4.78, 5) is 8.71. The number of aromatic nitrogens is 2. The molecule has 0 aliphatic rings. The largest absolute Gasteiger partial charge is 0.264 e. The van der Waals surface area contributed by atoms with Gasteiger partial charge in [-0.05, 0) is 120 Å². The van der Waals surface area contributed by atoms with E-state index in [4.69, 9.17) is 0 Å². The fourth-order valence-electron chi connectivity index (χ4n) is 8.46. The Morgan fingerprint density at radius 3 is 1.12 bits per heavy atom. The van der Waals surface area contributed by atoms with Crippen molar-refractivity contribution in [3.8, 4) is 55.1 Å². The number of fused-ring (bicyclic) bond motifs is 6. The molecule has 0 aliphatic heterocycles. The van der Waals surface area contributed by atoms with E-state index in [1.165, 1.54) is 86.0 Å². The van der Waals surface area contributed by atoms with Gasteiger partial charge < -0.3 is 0 Å². The highest BCUT2D eigenvalue weighted by atomic mass is 31.1. The lowest BCUT2D eigenvalue weighted by Crippen LogP contribution is -1.82. The van der Waals surface area contributed by atoms with Gasteiger partial charge in [-0.15, -0.1) is 0 Å². The molecule has 262 valence electrons. The summed E-state index contributed by atoms with van der Waals surface area (Å²) >= 11 is 0. The van der Waals surface area contributed by atoms with Crippen LogP contribution in [0.5, 0.6) is 0 Å². The molecule has 0 saturated heterocycles. The highest BCUT2D eigenvalue weighted by Crippen LogP contribution is 2.60. The number of hydrogen-bond acceptors (Lipinski definition) is 2. The summed E-state index contributed by atoms with van der Waals surface area (Å²) in [5.74, 6) is 0. The van der Waals surface area contributed by atoms with Gasteiger partial charge in [-0.2, -0.15) is 0 Å². The molecule has 0 bridgehead atoms. The van der Waals surface area contributed by atoms with E-state index in [1.807, 2.05) is 36.9 Å². The lowest BCUT2D eigenvalue weighted by molar-refractivity contribution is 1.33. The molecule has 4 heteroatoms. The first-order valence-corrected chi connectivity index (χ1v) is 21.6. The van der Waals surface area contributed by atoms with Crippen LogP contribution < -0.4 is 0 Å². The topological polar surface area (TPSA) is 25.8 Å². The fraction of sp³-hybridized carbons (Fsp3) is 0. The van der Waals surface area contributed by atoms with Gasteiger partial charge in [0, 0.05) is 56.4 Å². The van der Waals surface area contributed by atoms with Crippen LogP contribution in [0.25, 0.3) is 97.1 Å². The van der Waals surface area contributed by atoms with Crippen LogP contribution in [0.4, 0.5) is 0 Å². The van der Waals surface area contributed by atoms with E-state index in [0.29, 0.717) is 0 Å². The molecule has 2 nitrogen and oxygen atoms in total. The SMILES string of the molecule is c1cncc(-c2cccc(-c3ccc4c(c3)c3ccccc3p4-c3cccc(-p4c5ccccc5c5cc(-c6cccc(-c7cccnc7)c6)ccc54)c3)c2)c1. The summed E-state index contributed by atoms with van der Waals surface area (Å²) in [6.07, 6.45) is 7.52. The average molecular weight is 749 g/mol. The van der Waals surface area contributed by atoms with Crippen molar-refractivity contribution in [1.82, 2.24) is 9.97 Å². The lowest BCUT2D eigenvalue weighted by Gasteiger charge is -2.10. The van der Waals surface area contributed by atoms with Gasteiger partial charge in [0.15, 0.2) is 0 Å². The van der Waals surface area contributed by atoms with E-state index in [0.717, 1.165) is 11.1 Å². The monoisotopic (exact) mass is 748 g/mol. The fourth-order valence-corrected chi connectivity index (χ4v) is 13.8. The molecule has 0 amide bonds. The third-order valence-electron chi connectivity index (χ3n) is 11.1. The minimum Gasteiger partial charge on any atom is -0.264 e. The highest BCUT2D eigenvalue weighted by molar-refractivity contribution is 7.69. The third kappa shape index (κ3) is 5.58. The molecule has 2 atom stereocenters. The molecule has 4 aromatic heterocycles. The van der Waals surface area contributed by atoms with Gasteiger partial charge in [-0.25, -0.2) is 0 Å². The van der Waals surface area contributed by atoms with Crippen molar-refractivity contribution in [2.45, 2.75) is 0 Å². The molecule has 0 aliphatic carbocycles. The van der Waals surface area contributed by atoms with Crippen LogP contribution in [0.2, 0.25) is 0 Å². The molecule has 2 unspecified atom stereocenters.